The molecule has 0 aliphatic rings. The van der Waals surface area contributed by atoms with E-state index in [1.807, 2.05) is 6.92 Å². The van der Waals surface area contributed by atoms with Crippen molar-refractivity contribution >= 4 is 17.5 Å². The van der Waals surface area contributed by atoms with Crippen LogP contribution in [0.4, 0.5) is 8.78 Å². The summed E-state index contributed by atoms with van der Waals surface area (Å²) in [4.78, 5) is 12.2. The lowest BCUT2D eigenvalue weighted by Gasteiger charge is -2.18. The van der Waals surface area contributed by atoms with Crippen LogP contribution in [-0.4, -0.2) is 25.1 Å². The molecule has 0 fully saturated rings. The van der Waals surface area contributed by atoms with Gasteiger partial charge in [0.1, 0.15) is 5.75 Å². The molecular weight excluding hydrogens is 302 g/mol. The Morgan fingerprint density at radius 1 is 1.48 bits per heavy atom. The van der Waals surface area contributed by atoms with Gasteiger partial charge in [-0.2, -0.15) is 8.78 Å². The number of alkyl halides is 2. The highest BCUT2D eigenvalue weighted by atomic mass is 35.5. The van der Waals surface area contributed by atoms with E-state index in [2.05, 4.69) is 10.1 Å². The molecule has 3 N–H and O–H groups in total. The molecule has 0 aliphatic carbocycles. The highest BCUT2D eigenvalue weighted by Crippen LogP contribution is 2.24. The number of carbonyl (C=O) groups is 1. The van der Waals surface area contributed by atoms with Crippen LogP contribution in [0, 0.1) is 0 Å². The lowest BCUT2D eigenvalue weighted by molar-refractivity contribution is -0.0501. The molecule has 0 aromatic heterocycles. The predicted octanol–water partition coefficient (Wildman–Crippen LogP) is 3.19. The Balaban J connectivity index is 2.86. The van der Waals surface area contributed by atoms with E-state index in [4.69, 9.17) is 17.3 Å². The quantitative estimate of drug-likeness (QED) is 0.773. The molecule has 0 saturated carbocycles. The van der Waals surface area contributed by atoms with Gasteiger partial charge in [-0.25, -0.2) is 0 Å². The minimum Gasteiger partial charge on any atom is -0.434 e. The predicted molar refractivity (Wildman–Crippen MR) is 77.9 cm³/mol. The van der Waals surface area contributed by atoms with Crippen LogP contribution in [0.1, 0.15) is 36.5 Å². The first-order chi connectivity index (χ1) is 9.97. The molecule has 1 aromatic carbocycles. The number of nitrogens with two attached hydrogens (primary N) is 1. The van der Waals surface area contributed by atoms with E-state index in [9.17, 15) is 13.6 Å². The van der Waals surface area contributed by atoms with Gasteiger partial charge in [0.15, 0.2) is 0 Å². The molecule has 0 radical (unpaired) electrons. The number of carbonyl (C=O) groups excluding carboxylic acids is 1. The topological polar surface area (TPSA) is 64.3 Å². The molecule has 118 valence electrons. The lowest BCUT2D eigenvalue weighted by Crippen LogP contribution is -2.40. The molecule has 4 nitrogen and oxygen atoms in total. The van der Waals surface area contributed by atoms with Crippen LogP contribution >= 0.6 is 11.6 Å². The average Bonchev–Trinajstić information content (AvgIpc) is 2.44. The van der Waals surface area contributed by atoms with Crippen LogP contribution in [-0.2, 0) is 0 Å². The first-order valence-electron chi connectivity index (χ1n) is 6.73. The molecule has 1 aromatic rings. The summed E-state index contributed by atoms with van der Waals surface area (Å²) >= 11 is 5.80. The number of ether oxygens (including phenoxy) is 1. The molecule has 0 heterocycles. The maximum atomic E-state index is 12.4. The highest BCUT2D eigenvalue weighted by molar-refractivity contribution is 6.31. The maximum absolute atomic E-state index is 12.4. The van der Waals surface area contributed by atoms with Gasteiger partial charge in [-0.05, 0) is 24.6 Å². The smallest absolute Gasteiger partial charge is 0.387 e. The van der Waals surface area contributed by atoms with E-state index in [0.29, 0.717) is 0 Å². The van der Waals surface area contributed by atoms with Crippen LogP contribution in [0.2, 0.25) is 5.02 Å². The van der Waals surface area contributed by atoms with Gasteiger partial charge in [0, 0.05) is 17.6 Å². The molecule has 0 bridgehead atoms. The van der Waals surface area contributed by atoms with Crippen molar-refractivity contribution in [3.05, 3.63) is 28.8 Å². The number of rotatable bonds is 8. The first kappa shape index (κ1) is 17.7. The second kappa shape index (κ2) is 8.79. The van der Waals surface area contributed by atoms with Crippen molar-refractivity contribution in [2.45, 2.75) is 38.8 Å². The Hall–Kier alpha value is -1.40. The van der Waals surface area contributed by atoms with E-state index in [-0.39, 0.29) is 28.9 Å². The zero-order valence-corrected chi connectivity index (χ0v) is 12.5. The molecule has 1 rings (SSSR count). The van der Waals surface area contributed by atoms with Gasteiger partial charge in [-0.1, -0.05) is 31.4 Å². The molecule has 1 atom stereocenters. The molecular formula is C14H19ClF2N2O2. The number of unbranched alkanes of at least 4 members (excludes halogenated alkanes) is 1. The third-order valence-electron chi connectivity index (χ3n) is 2.93. The number of benzene rings is 1. The number of nitrogens with one attached hydrogen (secondary N) is 1. The fraction of sp³-hybridized carbons (Fsp3) is 0.500. The summed E-state index contributed by atoms with van der Waals surface area (Å²) in [6.45, 7) is -0.707. The molecule has 0 aliphatic heterocycles. The first-order valence-corrected chi connectivity index (χ1v) is 7.11. The molecule has 1 unspecified atom stereocenters. The van der Waals surface area contributed by atoms with E-state index < -0.39 is 12.5 Å². The number of hydrogen-bond donors (Lipinski definition) is 2. The number of amides is 1. The largest absolute Gasteiger partial charge is 0.434 e. The van der Waals surface area contributed by atoms with E-state index in [1.54, 1.807) is 0 Å². The SMILES string of the molecule is CCCCC(CN)NC(=O)c1cc(Cl)ccc1OC(F)F. The van der Waals surface area contributed by atoms with Crippen molar-refractivity contribution in [2.24, 2.45) is 5.73 Å². The van der Waals surface area contributed by atoms with Gasteiger partial charge in [-0.3, -0.25) is 4.79 Å². The Bertz CT molecular complexity index is 472. The minimum atomic E-state index is -3.01. The second-order valence-corrected chi connectivity index (χ2v) is 5.00. The highest BCUT2D eigenvalue weighted by Gasteiger charge is 2.18. The van der Waals surface area contributed by atoms with Crippen LogP contribution in [0.25, 0.3) is 0 Å². The van der Waals surface area contributed by atoms with Gasteiger partial charge in [0.05, 0.1) is 5.56 Å². The van der Waals surface area contributed by atoms with Gasteiger partial charge >= 0.3 is 6.61 Å². The van der Waals surface area contributed by atoms with Crippen molar-refractivity contribution in [2.75, 3.05) is 6.54 Å². The fourth-order valence-corrected chi connectivity index (χ4v) is 2.01. The molecule has 1 amide bonds. The van der Waals surface area contributed by atoms with Crippen molar-refractivity contribution in [3.8, 4) is 5.75 Å². The van der Waals surface area contributed by atoms with Crippen molar-refractivity contribution in [1.82, 2.24) is 5.32 Å². The summed E-state index contributed by atoms with van der Waals surface area (Å²) in [5, 5.41) is 2.97. The lowest BCUT2D eigenvalue weighted by atomic mass is 10.1. The van der Waals surface area contributed by atoms with Crippen LogP contribution in [0.15, 0.2) is 18.2 Å². The summed E-state index contributed by atoms with van der Waals surface area (Å²) < 4.78 is 29.0. The standard InChI is InChI=1S/C14H19ClF2N2O2/c1-2-3-4-10(8-18)19-13(20)11-7-9(15)5-6-12(11)21-14(16)17/h5-7,10,14H,2-4,8,18H2,1H3,(H,19,20). The zero-order valence-electron chi connectivity index (χ0n) is 11.7. The Labute approximate surface area is 127 Å². The zero-order chi connectivity index (χ0) is 15.8. The van der Waals surface area contributed by atoms with Crippen molar-refractivity contribution < 1.29 is 18.3 Å². The Morgan fingerprint density at radius 3 is 2.76 bits per heavy atom. The van der Waals surface area contributed by atoms with Gasteiger partial charge in [0.25, 0.3) is 5.91 Å². The van der Waals surface area contributed by atoms with Crippen molar-refractivity contribution in [1.29, 1.82) is 0 Å². The summed E-state index contributed by atoms with van der Waals surface area (Å²) in [5.41, 5.74) is 5.57. The fourth-order valence-electron chi connectivity index (χ4n) is 1.84. The molecule has 21 heavy (non-hydrogen) atoms. The van der Waals surface area contributed by atoms with Crippen LogP contribution < -0.4 is 15.8 Å². The van der Waals surface area contributed by atoms with Crippen molar-refractivity contribution in [3.63, 3.8) is 0 Å². The van der Waals surface area contributed by atoms with Gasteiger partial charge < -0.3 is 15.8 Å². The van der Waals surface area contributed by atoms with Gasteiger partial charge in [-0.15, -0.1) is 0 Å². The van der Waals surface area contributed by atoms with Gasteiger partial charge in [0.2, 0.25) is 0 Å². The second-order valence-electron chi connectivity index (χ2n) is 4.57. The monoisotopic (exact) mass is 320 g/mol. The normalized spacial score (nSPS) is 12.3. The summed E-state index contributed by atoms with van der Waals surface area (Å²) in [6, 6.07) is 3.71. The number of hydrogen-bond acceptors (Lipinski definition) is 3. The summed E-state index contributed by atoms with van der Waals surface area (Å²) in [5.74, 6) is -0.738. The van der Waals surface area contributed by atoms with E-state index in [0.717, 1.165) is 19.3 Å². The van der Waals surface area contributed by atoms with E-state index in [1.165, 1.54) is 18.2 Å². The third-order valence-corrected chi connectivity index (χ3v) is 3.16. The number of halogens is 3. The Kier molecular flexibility index (Phi) is 7.39. The third kappa shape index (κ3) is 5.85. The summed E-state index contributed by atoms with van der Waals surface area (Å²) in [7, 11) is 0. The molecule has 0 spiro atoms. The molecule has 7 heteroatoms. The summed E-state index contributed by atoms with van der Waals surface area (Å²) in [6.07, 6.45) is 2.62. The van der Waals surface area contributed by atoms with Crippen LogP contribution in [0.5, 0.6) is 5.75 Å². The Morgan fingerprint density at radius 2 is 2.19 bits per heavy atom. The van der Waals surface area contributed by atoms with E-state index >= 15 is 0 Å². The minimum absolute atomic E-state index is 0.0299. The molecule has 0 saturated heterocycles. The maximum Gasteiger partial charge on any atom is 0.387 e. The average molecular weight is 321 g/mol. The van der Waals surface area contributed by atoms with Crippen LogP contribution in [0.3, 0.4) is 0 Å².